The van der Waals surface area contributed by atoms with Crippen molar-refractivity contribution in [3.8, 4) is 5.75 Å². The van der Waals surface area contributed by atoms with Crippen LogP contribution in [0.25, 0.3) is 10.1 Å². The summed E-state index contributed by atoms with van der Waals surface area (Å²) < 4.78 is 6.50. The van der Waals surface area contributed by atoms with Gasteiger partial charge in [-0.2, -0.15) is 5.10 Å². The number of hydrazone groups is 1. The van der Waals surface area contributed by atoms with Crippen molar-refractivity contribution in [1.82, 2.24) is 5.43 Å². The van der Waals surface area contributed by atoms with Gasteiger partial charge in [0.15, 0.2) is 0 Å². The Bertz CT molecular complexity index is 1720. The number of halogens is 1. The summed E-state index contributed by atoms with van der Waals surface area (Å²) in [4.78, 5) is 38.0. The van der Waals surface area contributed by atoms with Gasteiger partial charge in [0.2, 0.25) is 5.91 Å². The highest BCUT2D eigenvalue weighted by Gasteiger charge is 2.19. The fraction of sp³-hybridized carbons (Fsp3) is 0.0323. The van der Waals surface area contributed by atoms with Gasteiger partial charge >= 0.3 is 5.97 Å². The lowest BCUT2D eigenvalue weighted by Crippen LogP contribution is -2.18. The zero-order chi connectivity index (χ0) is 27.9. The third-order valence-electron chi connectivity index (χ3n) is 5.85. The largest absolute Gasteiger partial charge is 0.422 e. The lowest BCUT2D eigenvalue weighted by atomic mass is 10.1. The van der Waals surface area contributed by atoms with E-state index in [-0.39, 0.29) is 18.1 Å². The molecule has 0 spiro atoms. The van der Waals surface area contributed by atoms with Gasteiger partial charge in [-0.25, -0.2) is 10.2 Å². The summed E-state index contributed by atoms with van der Waals surface area (Å²) in [6, 6.07) is 30.2. The van der Waals surface area contributed by atoms with Crippen LogP contribution in [0.1, 0.15) is 31.2 Å². The van der Waals surface area contributed by atoms with Crippen LogP contribution in [0.5, 0.6) is 5.75 Å². The number of nitrogens with one attached hydrogen (secondary N) is 2. The molecule has 0 saturated heterocycles. The predicted molar refractivity (Wildman–Crippen MR) is 159 cm³/mol. The smallest absolute Gasteiger partial charge is 0.355 e. The molecule has 0 aliphatic carbocycles. The first-order chi connectivity index (χ1) is 19.5. The summed E-state index contributed by atoms with van der Waals surface area (Å²) >= 11 is 7.68. The Hall–Kier alpha value is -4.79. The minimum absolute atomic E-state index is 0.151. The summed E-state index contributed by atoms with van der Waals surface area (Å²) in [5.74, 6) is -0.895. The summed E-state index contributed by atoms with van der Waals surface area (Å²) in [5, 5.41) is 7.98. The molecule has 0 bridgehead atoms. The fourth-order valence-electron chi connectivity index (χ4n) is 3.89. The van der Waals surface area contributed by atoms with Crippen LogP contribution in [-0.2, 0) is 11.2 Å². The maximum atomic E-state index is 12.9. The average molecular weight is 568 g/mol. The van der Waals surface area contributed by atoms with Crippen molar-refractivity contribution in [2.24, 2.45) is 5.10 Å². The number of thiophene rings is 1. The van der Waals surface area contributed by atoms with E-state index in [0.717, 1.165) is 15.6 Å². The third kappa shape index (κ3) is 6.43. The molecule has 5 rings (SSSR count). The van der Waals surface area contributed by atoms with Crippen molar-refractivity contribution >= 4 is 62.7 Å². The van der Waals surface area contributed by atoms with Gasteiger partial charge in [-0.05, 0) is 48.0 Å². The van der Waals surface area contributed by atoms with Crippen LogP contribution < -0.4 is 15.5 Å². The second kappa shape index (κ2) is 12.4. The van der Waals surface area contributed by atoms with E-state index < -0.39 is 11.9 Å². The number of benzene rings is 4. The van der Waals surface area contributed by atoms with Gasteiger partial charge in [-0.3, -0.25) is 9.59 Å². The highest BCUT2D eigenvalue weighted by molar-refractivity contribution is 7.21. The van der Waals surface area contributed by atoms with Gasteiger partial charge in [-0.1, -0.05) is 72.3 Å². The number of ether oxygens (including phenoxy) is 1. The molecule has 0 aliphatic heterocycles. The molecule has 0 unspecified atom stereocenters. The summed E-state index contributed by atoms with van der Waals surface area (Å²) in [5.41, 5.74) is 4.80. The molecule has 2 N–H and O–H groups in total. The normalized spacial score (nSPS) is 10.9. The average Bonchev–Trinajstić information content (AvgIpc) is 3.31. The van der Waals surface area contributed by atoms with Crippen LogP contribution in [0.2, 0.25) is 5.02 Å². The van der Waals surface area contributed by atoms with Gasteiger partial charge < -0.3 is 10.1 Å². The maximum Gasteiger partial charge on any atom is 0.355 e. The van der Waals surface area contributed by atoms with Crippen LogP contribution in [-0.4, -0.2) is 24.0 Å². The number of esters is 1. The van der Waals surface area contributed by atoms with Crippen LogP contribution in [0.3, 0.4) is 0 Å². The Labute approximate surface area is 239 Å². The van der Waals surface area contributed by atoms with E-state index in [1.165, 1.54) is 17.6 Å². The van der Waals surface area contributed by atoms with Crippen molar-refractivity contribution in [2.45, 2.75) is 6.42 Å². The van der Waals surface area contributed by atoms with E-state index >= 15 is 0 Å². The fourth-order valence-corrected chi connectivity index (χ4v) is 5.27. The van der Waals surface area contributed by atoms with Crippen LogP contribution >= 0.6 is 22.9 Å². The minimum atomic E-state index is -0.577. The first-order valence-electron chi connectivity index (χ1n) is 12.2. The summed E-state index contributed by atoms with van der Waals surface area (Å²) in [6.45, 7) is 0. The van der Waals surface area contributed by atoms with Crippen molar-refractivity contribution in [1.29, 1.82) is 0 Å². The number of anilines is 1. The predicted octanol–water partition coefficient (Wildman–Crippen LogP) is 6.72. The Kier molecular flexibility index (Phi) is 8.29. The highest BCUT2D eigenvalue weighted by atomic mass is 35.5. The number of para-hydroxylation sites is 1. The molecule has 1 heterocycles. The number of hydrogen-bond donors (Lipinski definition) is 2. The second-order valence-electron chi connectivity index (χ2n) is 8.66. The number of fused-ring (bicyclic) bond motifs is 1. The van der Waals surface area contributed by atoms with Gasteiger partial charge in [0.1, 0.15) is 10.6 Å². The molecule has 198 valence electrons. The molecule has 0 radical (unpaired) electrons. The van der Waals surface area contributed by atoms with Gasteiger partial charge in [0.25, 0.3) is 5.91 Å². The van der Waals surface area contributed by atoms with E-state index in [4.69, 9.17) is 16.3 Å². The molecule has 1 aromatic heterocycles. The van der Waals surface area contributed by atoms with Crippen molar-refractivity contribution < 1.29 is 19.1 Å². The molecule has 0 fully saturated rings. The quantitative estimate of drug-likeness (QED) is 0.0941. The van der Waals surface area contributed by atoms with Crippen LogP contribution in [0.15, 0.2) is 108 Å². The summed E-state index contributed by atoms with van der Waals surface area (Å²) in [6.07, 6.45) is 1.65. The molecular formula is C31H22ClN3O4S. The minimum Gasteiger partial charge on any atom is -0.422 e. The molecule has 0 saturated carbocycles. The molecule has 9 heteroatoms. The number of carbonyl (C=O) groups is 3. The van der Waals surface area contributed by atoms with Crippen LogP contribution in [0, 0.1) is 0 Å². The summed E-state index contributed by atoms with van der Waals surface area (Å²) in [7, 11) is 0. The van der Waals surface area contributed by atoms with E-state index in [9.17, 15) is 14.4 Å². The zero-order valence-electron chi connectivity index (χ0n) is 21.0. The molecule has 0 atom stereocenters. The molecule has 7 nitrogen and oxygen atoms in total. The molecule has 40 heavy (non-hydrogen) atoms. The van der Waals surface area contributed by atoms with Crippen molar-refractivity contribution in [3.63, 3.8) is 0 Å². The molecule has 2 amide bonds. The monoisotopic (exact) mass is 567 g/mol. The zero-order valence-corrected chi connectivity index (χ0v) is 22.5. The maximum absolute atomic E-state index is 12.9. The second-order valence-corrected chi connectivity index (χ2v) is 10.1. The first-order valence-corrected chi connectivity index (χ1v) is 13.4. The number of hydrogen-bond acceptors (Lipinski definition) is 6. The highest BCUT2D eigenvalue weighted by Crippen LogP contribution is 2.36. The molecular weight excluding hydrogens is 546 g/mol. The molecule has 4 aromatic carbocycles. The topological polar surface area (TPSA) is 96.9 Å². The van der Waals surface area contributed by atoms with Gasteiger partial charge in [0, 0.05) is 26.9 Å². The Balaban J connectivity index is 1.19. The van der Waals surface area contributed by atoms with E-state index in [0.29, 0.717) is 26.7 Å². The Morgan fingerprint density at radius 2 is 1.55 bits per heavy atom. The Morgan fingerprint density at radius 1 is 0.850 bits per heavy atom. The number of carbonyl (C=O) groups excluding carboxylic acids is 3. The lowest BCUT2D eigenvalue weighted by molar-refractivity contribution is -0.115. The Morgan fingerprint density at radius 3 is 2.33 bits per heavy atom. The van der Waals surface area contributed by atoms with E-state index in [1.54, 1.807) is 48.5 Å². The van der Waals surface area contributed by atoms with Crippen molar-refractivity contribution in [3.05, 3.63) is 130 Å². The number of nitrogens with zero attached hydrogens (tertiary/aromatic N) is 1. The SMILES string of the molecule is O=C(Cc1ccccc1)Nc1ccc(C(=O)N/N=C\c2ccccc2OC(=O)c2sc3ccccc3c2Cl)cc1. The van der Waals surface area contributed by atoms with E-state index in [2.05, 4.69) is 15.8 Å². The molecule has 5 aromatic rings. The lowest BCUT2D eigenvalue weighted by Gasteiger charge is -2.07. The molecule has 0 aliphatic rings. The third-order valence-corrected chi connectivity index (χ3v) is 7.51. The van der Waals surface area contributed by atoms with E-state index in [1.807, 2.05) is 54.6 Å². The van der Waals surface area contributed by atoms with Gasteiger partial charge in [-0.15, -0.1) is 11.3 Å². The standard InChI is InChI=1S/C31H22ClN3O4S/c32-28-24-11-5-7-13-26(24)40-29(28)31(38)39-25-12-6-4-10-22(25)19-33-35-30(37)21-14-16-23(17-15-21)34-27(36)18-20-8-2-1-3-9-20/h1-17,19H,18H2,(H,34,36)(H,35,37)/b33-19-. The van der Waals surface area contributed by atoms with Crippen LogP contribution in [0.4, 0.5) is 5.69 Å². The number of amides is 2. The first kappa shape index (κ1) is 26.8. The van der Waals surface area contributed by atoms with Crippen molar-refractivity contribution in [2.75, 3.05) is 5.32 Å². The van der Waals surface area contributed by atoms with Gasteiger partial charge in [0.05, 0.1) is 17.7 Å². The number of rotatable bonds is 8.